The summed E-state index contributed by atoms with van der Waals surface area (Å²) in [5.41, 5.74) is 0.629. The topological polar surface area (TPSA) is 21.3 Å². The average Bonchev–Trinajstić information content (AvgIpc) is 2.41. The molecule has 20 heavy (non-hydrogen) atoms. The summed E-state index contributed by atoms with van der Waals surface area (Å²) in [6.45, 7) is 10.7. The quantitative estimate of drug-likeness (QED) is 0.719. The Morgan fingerprint density at radius 1 is 1.05 bits per heavy atom. The highest BCUT2D eigenvalue weighted by Gasteiger charge is 2.46. The first-order chi connectivity index (χ1) is 9.38. The van der Waals surface area contributed by atoms with Gasteiger partial charge in [-0.05, 0) is 62.2 Å². The summed E-state index contributed by atoms with van der Waals surface area (Å²) in [4.78, 5) is 0. The fourth-order valence-electron chi connectivity index (χ4n) is 4.55. The van der Waals surface area contributed by atoms with Crippen molar-refractivity contribution in [3.05, 3.63) is 0 Å². The third kappa shape index (κ3) is 2.92. The van der Waals surface area contributed by atoms with Crippen LogP contribution < -0.4 is 5.32 Å². The lowest BCUT2D eigenvalue weighted by molar-refractivity contribution is -0.170. The summed E-state index contributed by atoms with van der Waals surface area (Å²) in [7, 11) is 0. The number of hydrogen-bond donors (Lipinski definition) is 1. The molecule has 2 aliphatic carbocycles. The maximum Gasteiger partial charge on any atom is 0.0811 e. The fourth-order valence-corrected chi connectivity index (χ4v) is 4.55. The van der Waals surface area contributed by atoms with Gasteiger partial charge in [0.15, 0.2) is 0 Å². The summed E-state index contributed by atoms with van der Waals surface area (Å²) in [5, 5.41) is 3.87. The summed E-state index contributed by atoms with van der Waals surface area (Å²) >= 11 is 0. The molecule has 0 aromatic heterocycles. The van der Waals surface area contributed by atoms with Crippen molar-refractivity contribution in [2.24, 2.45) is 17.3 Å². The van der Waals surface area contributed by atoms with Gasteiger partial charge >= 0.3 is 0 Å². The second-order valence-electron chi connectivity index (χ2n) is 8.89. The predicted molar refractivity (Wildman–Crippen MR) is 83.8 cm³/mol. The van der Waals surface area contributed by atoms with Crippen molar-refractivity contribution in [1.82, 2.24) is 5.32 Å². The minimum Gasteiger partial charge on any atom is -0.369 e. The zero-order valence-electron chi connectivity index (χ0n) is 13.9. The third-order valence-electron chi connectivity index (χ3n) is 6.28. The van der Waals surface area contributed by atoms with E-state index in [4.69, 9.17) is 4.74 Å². The van der Waals surface area contributed by atoms with Crippen LogP contribution in [0.2, 0.25) is 0 Å². The number of ether oxygens (including phenoxy) is 1. The van der Waals surface area contributed by atoms with E-state index in [9.17, 15) is 0 Å². The molecule has 3 aliphatic rings. The lowest BCUT2D eigenvalue weighted by atomic mass is 9.69. The van der Waals surface area contributed by atoms with Crippen molar-refractivity contribution >= 4 is 0 Å². The highest BCUT2D eigenvalue weighted by atomic mass is 16.5. The Labute approximate surface area is 125 Å². The minimum absolute atomic E-state index is 0.183. The number of hydrogen-bond acceptors (Lipinski definition) is 2. The average molecular weight is 279 g/mol. The molecule has 3 fully saturated rings. The van der Waals surface area contributed by atoms with Crippen molar-refractivity contribution in [2.75, 3.05) is 6.54 Å². The molecular weight excluding hydrogens is 246 g/mol. The molecule has 0 bridgehead atoms. The number of fused-ring (bicyclic) bond motifs is 1. The molecule has 1 aliphatic heterocycles. The van der Waals surface area contributed by atoms with Gasteiger partial charge in [-0.15, -0.1) is 0 Å². The summed E-state index contributed by atoms with van der Waals surface area (Å²) in [6.07, 6.45) is 9.64. The van der Waals surface area contributed by atoms with Crippen LogP contribution in [0.1, 0.15) is 72.6 Å². The van der Waals surface area contributed by atoms with Crippen LogP contribution in [0.3, 0.4) is 0 Å². The second kappa shape index (κ2) is 5.28. The van der Waals surface area contributed by atoms with E-state index in [-0.39, 0.29) is 5.60 Å². The molecule has 0 aromatic rings. The normalized spacial score (nSPS) is 46.2. The van der Waals surface area contributed by atoms with E-state index in [1.807, 2.05) is 0 Å². The van der Waals surface area contributed by atoms with Crippen LogP contribution in [0.25, 0.3) is 0 Å². The molecule has 1 N–H and O–H groups in total. The Hall–Kier alpha value is -0.0800. The summed E-state index contributed by atoms with van der Waals surface area (Å²) in [5.74, 6) is 1.75. The smallest absolute Gasteiger partial charge is 0.0811 e. The van der Waals surface area contributed by atoms with Gasteiger partial charge in [0.25, 0.3) is 0 Å². The Morgan fingerprint density at radius 3 is 2.40 bits per heavy atom. The van der Waals surface area contributed by atoms with E-state index < -0.39 is 0 Å². The van der Waals surface area contributed by atoms with Crippen LogP contribution >= 0.6 is 0 Å². The molecule has 3 rings (SSSR count). The van der Waals surface area contributed by atoms with E-state index in [1.165, 1.54) is 44.9 Å². The Kier molecular flexibility index (Phi) is 3.92. The first-order valence-electron chi connectivity index (χ1n) is 8.79. The van der Waals surface area contributed by atoms with Gasteiger partial charge in [-0.3, -0.25) is 0 Å². The van der Waals surface area contributed by atoms with Gasteiger partial charge in [-0.25, -0.2) is 0 Å². The van der Waals surface area contributed by atoms with Crippen LogP contribution in [0, 0.1) is 17.3 Å². The monoisotopic (exact) mass is 279 g/mol. The molecule has 0 radical (unpaired) electrons. The van der Waals surface area contributed by atoms with Crippen LogP contribution in [0.15, 0.2) is 0 Å². The largest absolute Gasteiger partial charge is 0.369 e. The third-order valence-corrected chi connectivity index (χ3v) is 6.28. The molecule has 2 heteroatoms. The van der Waals surface area contributed by atoms with Gasteiger partial charge in [-0.1, -0.05) is 27.7 Å². The molecule has 1 saturated heterocycles. The SMILES string of the molecule is CC1CCC2(CC1)CNC1CC(C(C)(C)C)CCC1O2. The van der Waals surface area contributed by atoms with Crippen LogP contribution in [0.4, 0.5) is 0 Å². The van der Waals surface area contributed by atoms with Crippen LogP contribution in [0.5, 0.6) is 0 Å². The number of nitrogens with one attached hydrogen (secondary N) is 1. The van der Waals surface area contributed by atoms with E-state index in [0.717, 1.165) is 18.4 Å². The van der Waals surface area contributed by atoms with Crippen LogP contribution in [-0.4, -0.2) is 24.3 Å². The fraction of sp³-hybridized carbons (Fsp3) is 1.00. The number of morpholine rings is 1. The molecule has 116 valence electrons. The highest BCUT2D eigenvalue weighted by Crippen LogP contribution is 2.44. The van der Waals surface area contributed by atoms with Crippen molar-refractivity contribution in [3.8, 4) is 0 Å². The van der Waals surface area contributed by atoms with Gasteiger partial charge in [0, 0.05) is 12.6 Å². The second-order valence-corrected chi connectivity index (χ2v) is 8.89. The summed E-state index contributed by atoms with van der Waals surface area (Å²) in [6, 6.07) is 0.609. The van der Waals surface area contributed by atoms with E-state index in [0.29, 0.717) is 17.6 Å². The maximum absolute atomic E-state index is 6.67. The van der Waals surface area contributed by atoms with Gasteiger partial charge in [0.05, 0.1) is 11.7 Å². The van der Waals surface area contributed by atoms with Crippen LogP contribution in [-0.2, 0) is 4.74 Å². The Morgan fingerprint density at radius 2 is 1.75 bits per heavy atom. The predicted octanol–water partition coefficient (Wildman–Crippen LogP) is 4.14. The molecule has 1 spiro atoms. The van der Waals surface area contributed by atoms with Gasteiger partial charge in [-0.2, -0.15) is 0 Å². The summed E-state index contributed by atoms with van der Waals surface area (Å²) < 4.78 is 6.67. The lowest BCUT2D eigenvalue weighted by Gasteiger charge is -2.52. The molecule has 3 unspecified atom stereocenters. The molecule has 2 saturated carbocycles. The van der Waals surface area contributed by atoms with Crippen molar-refractivity contribution in [2.45, 2.75) is 90.4 Å². The zero-order chi connectivity index (χ0) is 14.4. The van der Waals surface area contributed by atoms with Gasteiger partial charge in [0.1, 0.15) is 0 Å². The van der Waals surface area contributed by atoms with Crippen molar-refractivity contribution < 1.29 is 4.74 Å². The molecular formula is C18H33NO. The molecule has 3 atom stereocenters. The Bertz CT molecular complexity index is 338. The van der Waals surface area contributed by atoms with Gasteiger partial charge < -0.3 is 10.1 Å². The first-order valence-corrected chi connectivity index (χ1v) is 8.79. The van der Waals surface area contributed by atoms with Crippen molar-refractivity contribution in [1.29, 1.82) is 0 Å². The molecule has 0 amide bonds. The zero-order valence-corrected chi connectivity index (χ0v) is 13.9. The minimum atomic E-state index is 0.183. The van der Waals surface area contributed by atoms with E-state index >= 15 is 0 Å². The van der Waals surface area contributed by atoms with E-state index in [1.54, 1.807) is 0 Å². The van der Waals surface area contributed by atoms with E-state index in [2.05, 4.69) is 33.0 Å². The maximum atomic E-state index is 6.67. The van der Waals surface area contributed by atoms with Gasteiger partial charge in [0.2, 0.25) is 0 Å². The highest BCUT2D eigenvalue weighted by molar-refractivity contribution is 4.99. The molecule has 2 nitrogen and oxygen atoms in total. The van der Waals surface area contributed by atoms with Crippen molar-refractivity contribution in [3.63, 3.8) is 0 Å². The number of rotatable bonds is 0. The standard InChI is InChI=1S/C18H33NO/c1-13-7-9-18(10-8-13)12-19-15-11-14(17(2,3)4)5-6-16(15)20-18/h13-16,19H,5-12H2,1-4H3. The first kappa shape index (κ1) is 14.8. The Balaban J connectivity index is 1.61. The lowest BCUT2D eigenvalue weighted by Crippen LogP contribution is -2.62. The molecule has 0 aromatic carbocycles. The molecule has 1 heterocycles.